The highest BCUT2D eigenvalue weighted by molar-refractivity contribution is 6.11. The first-order chi connectivity index (χ1) is 11.6. The Labute approximate surface area is 139 Å². The number of amides is 1. The van der Waals surface area contributed by atoms with Gasteiger partial charge in [-0.3, -0.25) is 4.79 Å². The molecule has 0 unspecified atom stereocenters. The Bertz CT molecular complexity index is 703. The van der Waals surface area contributed by atoms with Crippen LogP contribution in [0.15, 0.2) is 30.3 Å². The van der Waals surface area contributed by atoms with Crippen LogP contribution in [-0.4, -0.2) is 40.9 Å². The van der Waals surface area contributed by atoms with E-state index in [-0.39, 0.29) is 18.6 Å². The molecule has 6 nitrogen and oxygen atoms in total. The van der Waals surface area contributed by atoms with Gasteiger partial charge >= 0.3 is 11.9 Å². The van der Waals surface area contributed by atoms with Crippen LogP contribution < -0.4 is 0 Å². The number of fused-ring (bicyclic) bond motifs is 3. The normalized spacial score (nSPS) is 34.0. The molecule has 6 heteroatoms. The molecule has 0 bridgehead atoms. The standard InChI is InChI=1S/C18H19NO5/c1-2-23-16(21)18-13(9-8-12-10-14(20)19(12)18)15(24-17(18)22)11-6-4-3-5-7-11/h3-7,12-13,15H,2,8-10H2,1H3/t12-,13-,15-,18+/m1/s1. The second-order valence-corrected chi connectivity index (χ2v) is 6.53. The number of piperidine rings is 1. The van der Waals surface area contributed by atoms with Crippen molar-refractivity contribution in [3.05, 3.63) is 35.9 Å². The molecular formula is C18H19NO5. The molecule has 3 fully saturated rings. The minimum atomic E-state index is -1.62. The number of β-lactam (4-membered cyclic amide) rings is 1. The summed E-state index contributed by atoms with van der Waals surface area (Å²) in [4.78, 5) is 39.3. The zero-order valence-corrected chi connectivity index (χ0v) is 13.4. The van der Waals surface area contributed by atoms with E-state index in [4.69, 9.17) is 9.47 Å². The molecule has 1 aromatic carbocycles. The molecule has 0 aromatic heterocycles. The van der Waals surface area contributed by atoms with Crippen molar-refractivity contribution in [2.45, 2.75) is 43.9 Å². The molecule has 3 aliphatic rings. The number of carbonyl (C=O) groups excluding carboxylic acids is 3. The Morgan fingerprint density at radius 1 is 1.29 bits per heavy atom. The summed E-state index contributed by atoms with van der Waals surface area (Å²) in [6, 6.07) is 9.31. The van der Waals surface area contributed by atoms with Gasteiger partial charge in [-0.2, -0.15) is 0 Å². The van der Waals surface area contributed by atoms with Crippen molar-refractivity contribution < 1.29 is 23.9 Å². The van der Waals surface area contributed by atoms with Crippen LogP contribution in [-0.2, 0) is 23.9 Å². The van der Waals surface area contributed by atoms with Gasteiger partial charge in [0.1, 0.15) is 6.10 Å². The van der Waals surface area contributed by atoms with Gasteiger partial charge in [-0.15, -0.1) is 0 Å². The fraction of sp³-hybridized carbons (Fsp3) is 0.500. The predicted octanol–water partition coefficient (Wildman–Crippen LogP) is 1.60. The van der Waals surface area contributed by atoms with Crippen molar-refractivity contribution in [3.63, 3.8) is 0 Å². The average Bonchev–Trinajstić information content (AvgIpc) is 2.87. The number of benzene rings is 1. The maximum absolute atomic E-state index is 12.8. The topological polar surface area (TPSA) is 72.9 Å². The molecule has 4 atom stereocenters. The molecule has 4 rings (SSSR count). The number of carbonyl (C=O) groups is 3. The van der Waals surface area contributed by atoms with Gasteiger partial charge in [0.2, 0.25) is 11.4 Å². The molecule has 0 radical (unpaired) electrons. The first-order valence-corrected chi connectivity index (χ1v) is 8.36. The van der Waals surface area contributed by atoms with E-state index < -0.39 is 29.5 Å². The van der Waals surface area contributed by atoms with Gasteiger partial charge in [0.15, 0.2) is 0 Å². The second kappa shape index (κ2) is 5.33. The minimum absolute atomic E-state index is 0.0692. The van der Waals surface area contributed by atoms with E-state index >= 15 is 0 Å². The Hall–Kier alpha value is -2.37. The van der Waals surface area contributed by atoms with Crippen LogP contribution in [0.3, 0.4) is 0 Å². The average molecular weight is 329 g/mol. The van der Waals surface area contributed by atoms with Gasteiger partial charge in [0.05, 0.1) is 6.61 Å². The van der Waals surface area contributed by atoms with Crippen molar-refractivity contribution in [1.29, 1.82) is 0 Å². The van der Waals surface area contributed by atoms with Gasteiger partial charge in [0.25, 0.3) is 0 Å². The van der Waals surface area contributed by atoms with Gasteiger partial charge in [-0.25, -0.2) is 9.59 Å². The fourth-order valence-electron chi connectivity index (χ4n) is 4.38. The highest BCUT2D eigenvalue weighted by Gasteiger charge is 2.73. The summed E-state index contributed by atoms with van der Waals surface area (Å²) in [5.74, 6) is -1.90. The summed E-state index contributed by atoms with van der Waals surface area (Å²) >= 11 is 0. The number of hydrogen-bond donors (Lipinski definition) is 0. The molecule has 3 aliphatic heterocycles. The van der Waals surface area contributed by atoms with Crippen LogP contribution in [0.5, 0.6) is 0 Å². The van der Waals surface area contributed by atoms with Gasteiger partial charge in [-0.1, -0.05) is 30.3 Å². The summed E-state index contributed by atoms with van der Waals surface area (Å²) in [7, 11) is 0. The van der Waals surface area contributed by atoms with E-state index in [9.17, 15) is 14.4 Å². The van der Waals surface area contributed by atoms with Crippen LogP contribution in [0.25, 0.3) is 0 Å². The van der Waals surface area contributed by atoms with E-state index in [1.807, 2.05) is 30.3 Å². The number of ether oxygens (including phenoxy) is 2. The third kappa shape index (κ3) is 1.79. The molecular weight excluding hydrogens is 310 g/mol. The number of cyclic esters (lactones) is 1. The fourth-order valence-corrected chi connectivity index (χ4v) is 4.38. The third-order valence-electron chi connectivity index (χ3n) is 5.40. The van der Waals surface area contributed by atoms with Crippen molar-refractivity contribution in [1.82, 2.24) is 4.90 Å². The smallest absolute Gasteiger partial charge is 0.345 e. The maximum atomic E-state index is 12.8. The summed E-state index contributed by atoms with van der Waals surface area (Å²) in [5, 5.41) is 0. The quantitative estimate of drug-likeness (QED) is 0.478. The zero-order chi connectivity index (χ0) is 16.9. The molecule has 0 aliphatic carbocycles. The second-order valence-electron chi connectivity index (χ2n) is 6.53. The molecule has 24 heavy (non-hydrogen) atoms. The van der Waals surface area contributed by atoms with Crippen LogP contribution in [0.4, 0.5) is 0 Å². The lowest BCUT2D eigenvalue weighted by molar-refractivity contribution is -0.190. The summed E-state index contributed by atoms with van der Waals surface area (Å²) in [6.45, 7) is 1.85. The van der Waals surface area contributed by atoms with Gasteiger partial charge in [0, 0.05) is 18.4 Å². The number of rotatable bonds is 3. The molecule has 0 saturated carbocycles. The molecule has 0 spiro atoms. The molecule has 3 saturated heterocycles. The van der Waals surface area contributed by atoms with E-state index in [1.165, 1.54) is 4.90 Å². The van der Waals surface area contributed by atoms with E-state index in [2.05, 4.69) is 0 Å². The predicted molar refractivity (Wildman–Crippen MR) is 82.6 cm³/mol. The Morgan fingerprint density at radius 3 is 2.71 bits per heavy atom. The number of nitrogens with zero attached hydrogens (tertiary/aromatic N) is 1. The minimum Gasteiger partial charge on any atom is -0.464 e. The van der Waals surface area contributed by atoms with Crippen molar-refractivity contribution in [3.8, 4) is 0 Å². The van der Waals surface area contributed by atoms with Crippen LogP contribution in [0.1, 0.15) is 37.9 Å². The lowest BCUT2D eigenvalue weighted by atomic mass is 9.68. The molecule has 0 N–H and O–H groups in total. The van der Waals surface area contributed by atoms with Crippen molar-refractivity contribution in [2.75, 3.05) is 6.61 Å². The van der Waals surface area contributed by atoms with Gasteiger partial charge < -0.3 is 14.4 Å². The SMILES string of the molecule is CCOC(=O)[C@]12C(=O)O[C@H](c3ccccc3)[C@H]1CC[C@@H]1CC(=O)N12. The highest BCUT2D eigenvalue weighted by atomic mass is 16.6. The summed E-state index contributed by atoms with van der Waals surface area (Å²) < 4.78 is 10.8. The Balaban J connectivity index is 1.81. The first kappa shape index (κ1) is 15.2. The largest absolute Gasteiger partial charge is 0.464 e. The number of hydrogen-bond acceptors (Lipinski definition) is 5. The van der Waals surface area contributed by atoms with E-state index in [0.717, 1.165) is 12.0 Å². The van der Waals surface area contributed by atoms with E-state index in [1.54, 1.807) is 6.92 Å². The lowest BCUT2D eigenvalue weighted by Gasteiger charge is -2.54. The molecule has 1 amide bonds. The number of esters is 2. The van der Waals surface area contributed by atoms with E-state index in [0.29, 0.717) is 12.8 Å². The molecule has 126 valence electrons. The van der Waals surface area contributed by atoms with Crippen molar-refractivity contribution >= 4 is 17.8 Å². The van der Waals surface area contributed by atoms with Crippen LogP contribution in [0, 0.1) is 5.92 Å². The molecule has 1 aromatic rings. The van der Waals surface area contributed by atoms with Crippen molar-refractivity contribution in [2.24, 2.45) is 5.92 Å². The first-order valence-electron chi connectivity index (χ1n) is 8.36. The monoisotopic (exact) mass is 329 g/mol. The summed E-state index contributed by atoms with van der Waals surface area (Å²) in [6.07, 6.45) is 1.28. The lowest BCUT2D eigenvalue weighted by Crippen LogP contribution is -2.74. The highest BCUT2D eigenvalue weighted by Crippen LogP contribution is 2.54. The Kier molecular flexibility index (Phi) is 3.37. The van der Waals surface area contributed by atoms with Gasteiger partial charge in [-0.05, 0) is 25.3 Å². The zero-order valence-electron chi connectivity index (χ0n) is 13.4. The third-order valence-corrected chi connectivity index (χ3v) is 5.40. The maximum Gasteiger partial charge on any atom is 0.345 e. The molecule has 3 heterocycles. The van der Waals surface area contributed by atoms with Crippen LogP contribution >= 0.6 is 0 Å². The summed E-state index contributed by atoms with van der Waals surface area (Å²) in [5.41, 5.74) is -0.775. The Morgan fingerprint density at radius 2 is 2.04 bits per heavy atom. The van der Waals surface area contributed by atoms with Crippen LogP contribution in [0.2, 0.25) is 0 Å².